The van der Waals surface area contributed by atoms with Gasteiger partial charge in [0, 0.05) is 30.8 Å². The number of carbonyl (C=O) groups excluding carboxylic acids is 2. The van der Waals surface area contributed by atoms with Gasteiger partial charge in [-0.2, -0.15) is 0 Å². The lowest BCUT2D eigenvalue weighted by molar-refractivity contribution is -0.116. The molecule has 0 aliphatic heterocycles. The number of hydrogen-bond donors (Lipinski definition) is 1. The molecule has 25 heavy (non-hydrogen) atoms. The Labute approximate surface area is 149 Å². The fourth-order valence-electron chi connectivity index (χ4n) is 2.74. The van der Waals surface area contributed by atoms with Gasteiger partial charge in [0.15, 0.2) is 0 Å². The van der Waals surface area contributed by atoms with Crippen molar-refractivity contribution in [2.45, 2.75) is 33.6 Å². The molecule has 0 radical (unpaired) electrons. The van der Waals surface area contributed by atoms with E-state index in [9.17, 15) is 9.59 Å². The predicted octanol–water partition coefficient (Wildman–Crippen LogP) is 4.05. The molecular weight excluding hydrogens is 312 g/mol. The summed E-state index contributed by atoms with van der Waals surface area (Å²) in [6, 6.07) is 15.3. The van der Waals surface area contributed by atoms with Crippen molar-refractivity contribution < 1.29 is 9.59 Å². The van der Waals surface area contributed by atoms with Gasteiger partial charge in [-0.1, -0.05) is 29.8 Å². The summed E-state index contributed by atoms with van der Waals surface area (Å²) in [7, 11) is 0. The molecule has 0 spiro atoms. The Kier molecular flexibility index (Phi) is 6.75. The van der Waals surface area contributed by atoms with Gasteiger partial charge in [-0.25, -0.2) is 0 Å². The van der Waals surface area contributed by atoms with Crippen LogP contribution in [0.15, 0.2) is 48.5 Å². The number of anilines is 1. The van der Waals surface area contributed by atoms with Gasteiger partial charge in [0.25, 0.3) is 5.91 Å². The van der Waals surface area contributed by atoms with E-state index in [2.05, 4.69) is 11.4 Å². The number of benzene rings is 2. The summed E-state index contributed by atoms with van der Waals surface area (Å²) in [5.41, 5.74) is 3.72. The summed E-state index contributed by atoms with van der Waals surface area (Å²) >= 11 is 0. The van der Waals surface area contributed by atoms with Crippen molar-refractivity contribution in [2.75, 3.05) is 18.4 Å². The molecule has 0 saturated heterocycles. The largest absolute Gasteiger partial charge is 0.339 e. The molecular formula is C21H26N2O2. The molecule has 0 saturated carbocycles. The Bertz CT molecular complexity index is 719. The highest BCUT2D eigenvalue weighted by Crippen LogP contribution is 2.13. The van der Waals surface area contributed by atoms with Crippen LogP contribution in [0.5, 0.6) is 0 Å². The predicted molar refractivity (Wildman–Crippen MR) is 102 cm³/mol. The van der Waals surface area contributed by atoms with E-state index < -0.39 is 0 Å². The van der Waals surface area contributed by atoms with Gasteiger partial charge in [-0.05, 0) is 57.0 Å². The molecule has 0 aliphatic rings. The first-order chi connectivity index (χ1) is 12.0. The Balaban J connectivity index is 1.90. The number of carbonyl (C=O) groups is 2. The van der Waals surface area contributed by atoms with E-state index in [1.54, 1.807) is 29.2 Å². The minimum atomic E-state index is -0.0238. The van der Waals surface area contributed by atoms with Gasteiger partial charge in [0.2, 0.25) is 5.91 Å². The summed E-state index contributed by atoms with van der Waals surface area (Å²) in [5.74, 6) is -0.00773. The Morgan fingerprint density at radius 3 is 2.28 bits per heavy atom. The zero-order chi connectivity index (χ0) is 18.2. The van der Waals surface area contributed by atoms with Crippen molar-refractivity contribution in [3.8, 4) is 0 Å². The van der Waals surface area contributed by atoms with Crippen LogP contribution in [0, 0.1) is 6.92 Å². The average Bonchev–Trinajstić information content (AvgIpc) is 2.61. The van der Waals surface area contributed by atoms with E-state index in [1.807, 2.05) is 39.0 Å². The molecule has 0 unspecified atom stereocenters. The monoisotopic (exact) mass is 338 g/mol. The van der Waals surface area contributed by atoms with Gasteiger partial charge in [-0.15, -0.1) is 0 Å². The van der Waals surface area contributed by atoms with Crippen LogP contribution in [0.3, 0.4) is 0 Å². The fraction of sp³-hybridized carbons (Fsp3) is 0.333. The molecule has 2 amide bonds. The Morgan fingerprint density at radius 2 is 1.68 bits per heavy atom. The molecule has 0 aromatic heterocycles. The zero-order valence-corrected chi connectivity index (χ0v) is 15.2. The molecule has 0 fully saturated rings. The minimum absolute atomic E-state index is 0.0160. The first-order valence-corrected chi connectivity index (χ1v) is 8.78. The molecule has 0 aliphatic carbocycles. The highest BCUT2D eigenvalue weighted by molar-refractivity contribution is 5.95. The molecule has 0 bridgehead atoms. The highest BCUT2D eigenvalue weighted by Gasteiger charge is 2.12. The van der Waals surface area contributed by atoms with Crippen molar-refractivity contribution >= 4 is 17.5 Å². The van der Waals surface area contributed by atoms with Crippen LogP contribution in [0.4, 0.5) is 5.69 Å². The van der Waals surface area contributed by atoms with Crippen molar-refractivity contribution in [1.82, 2.24) is 4.90 Å². The SMILES string of the molecule is CCN(CC)C(=O)c1ccc(NC(=O)CCc2cccc(C)c2)cc1. The number of rotatable bonds is 7. The third-order valence-corrected chi connectivity index (χ3v) is 4.19. The second-order valence-electron chi connectivity index (χ2n) is 6.09. The van der Waals surface area contributed by atoms with Gasteiger partial charge in [0.05, 0.1) is 0 Å². The molecule has 0 atom stereocenters. The van der Waals surface area contributed by atoms with E-state index in [-0.39, 0.29) is 11.8 Å². The van der Waals surface area contributed by atoms with Crippen molar-refractivity contribution in [2.24, 2.45) is 0 Å². The van der Waals surface area contributed by atoms with Gasteiger partial charge in [0.1, 0.15) is 0 Å². The third-order valence-electron chi connectivity index (χ3n) is 4.19. The van der Waals surface area contributed by atoms with Crippen molar-refractivity contribution in [3.63, 3.8) is 0 Å². The number of nitrogens with zero attached hydrogens (tertiary/aromatic N) is 1. The lowest BCUT2D eigenvalue weighted by atomic mass is 10.1. The molecule has 1 N–H and O–H groups in total. The molecule has 2 rings (SSSR count). The summed E-state index contributed by atoms with van der Waals surface area (Å²) < 4.78 is 0. The standard InChI is InChI=1S/C21H26N2O2/c1-4-23(5-2)21(25)18-10-12-19(13-11-18)22-20(24)14-9-17-8-6-7-16(3)15-17/h6-8,10-13,15H,4-5,9,14H2,1-3H3,(H,22,24). The molecule has 0 heterocycles. The smallest absolute Gasteiger partial charge is 0.253 e. The maximum absolute atomic E-state index is 12.3. The van der Waals surface area contributed by atoms with E-state index in [4.69, 9.17) is 0 Å². The Morgan fingerprint density at radius 1 is 1.00 bits per heavy atom. The lowest BCUT2D eigenvalue weighted by Crippen LogP contribution is -2.30. The summed E-state index contributed by atoms with van der Waals surface area (Å²) in [4.78, 5) is 26.1. The third kappa shape index (κ3) is 5.45. The maximum atomic E-state index is 12.3. The van der Waals surface area contributed by atoms with E-state index in [0.29, 0.717) is 37.2 Å². The fourth-order valence-corrected chi connectivity index (χ4v) is 2.74. The molecule has 4 nitrogen and oxygen atoms in total. The van der Waals surface area contributed by atoms with Crippen LogP contribution >= 0.6 is 0 Å². The van der Waals surface area contributed by atoms with Gasteiger partial charge >= 0.3 is 0 Å². The van der Waals surface area contributed by atoms with Gasteiger partial charge < -0.3 is 10.2 Å². The quantitative estimate of drug-likeness (QED) is 0.828. The number of aryl methyl sites for hydroxylation is 2. The maximum Gasteiger partial charge on any atom is 0.253 e. The second kappa shape index (κ2) is 9.02. The summed E-state index contributed by atoms with van der Waals surface area (Å²) in [6.45, 7) is 7.35. The van der Waals surface area contributed by atoms with Crippen LogP contribution in [0.1, 0.15) is 41.8 Å². The van der Waals surface area contributed by atoms with Crippen LogP contribution in [0.25, 0.3) is 0 Å². The molecule has 2 aromatic carbocycles. The topological polar surface area (TPSA) is 49.4 Å². The number of hydrogen-bond acceptors (Lipinski definition) is 2. The van der Waals surface area contributed by atoms with Crippen LogP contribution < -0.4 is 5.32 Å². The van der Waals surface area contributed by atoms with E-state index >= 15 is 0 Å². The van der Waals surface area contributed by atoms with Crippen LogP contribution in [-0.4, -0.2) is 29.8 Å². The normalized spacial score (nSPS) is 10.4. The van der Waals surface area contributed by atoms with E-state index in [0.717, 1.165) is 5.56 Å². The zero-order valence-electron chi connectivity index (χ0n) is 15.2. The summed E-state index contributed by atoms with van der Waals surface area (Å²) in [6.07, 6.45) is 1.15. The summed E-state index contributed by atoms with van der Waals surface area (Å²) in [5, 5.41) is 2.89. The van der Waals surface area contributed by atoms with Crippen LogP contribution in [0.2, 0.25) is 0 Å². The molecule has 4 heteroatoms. The van der Waals surface area contributed by atoms with Crippen LogP contribution in [-0.2, 0) is 11.2 Å². The first-order valence-electron chi connectivity index (χ1n) is 8.78. The second-order valence-corrected chi connectivity index (χ2v) is 6.09. The molecule has 2 aromatic rings. The number of amides is 2. The van der Waals surface area contributed by atoms with Gasteiger partial charge in [-0.3, -0.25) is 9.59 Å². The van der Waals surface area contributed by atoms with E-state index in [1.165, 1.54) is 5.56 Å². The highest BCUT2D eigenvalue weighted by atomic mass is 16.2. The first kappa shape index (κ1) is 18.7. The lowest BCUT2D eigenvalue weighted by Gasteiger charge is -2.18. The average molecular weight is 338 g/mol. The number of nitrogens with one attached hydrogen (secondary N) is 1. The Hall–Kier alpha value is -2.62. The molecule has 132 valence electrons. The minimum Gasteiger partial charge on any atom is -0.339 e. The van der Waals surface area contributed by atoms with Crippen molar-refractivity contribution in [3.05, 3.63) is 65.2 Å². The van der Waals surface area contributed by atoms with Crippen molar-refractivity contribution in [1.29, 1.82) is 0 Å².